The Morgan fingerprint density at radius 3 is 2.54 bits per heavy atom. The van der Waals surface area contributed by atoms with Gasteiger partial charge in [-0.05, 0) is 24.5 Å². The highest BCUT2D eigenvalue weighted by Crippen LogP contribution is 2.31. The molecular weight excluding hydrogens is 294 g/mol. The molecule has 0 radical (unpaired) electrons. The number of hydrogen-bond acceptors (Lipinski definition) is 2. The van der Waals surface area contributed by atoms with Gasteiger partial charge in [0.2, 0.25) is 0 Å². The van der Waals surface area contributed by atoms with Gasteiger partial charge in [0, 0.05) is 19.2 Å². The predicted octanol–water partition coefficient (Wildman–Crippen LogP) is 6.09. The lowest BCUT2D eigenvalue weighted by Gasteiger charge is -2.32. The van der Waals surface area contributed by atoms with Crippen molar-refractivity contribution in [2.75, 3.05) is 6.61 Å². The van der Waals surface area contributed by atoms with Gasteiger partial charge in [0.1, 0.15) is 0 Å². The molecule has 130 valence electrons. The van der Waals surface area contributed by atoms with Crippen LogP contribution in [0.25, 0.3) is 0 Å². The van der Waals surface area contributed by atoms with Crippen molar-refractivity contribution in [2.24, 2.45) is 4.99 Å². The fraction of sp³-hybridized carbons (Fsp3) is 0.500. The van der Waals surface area contributed by atoms with E-state index in [0.29, 0.717) is 0 Å². The van der Waals surface area contributed by atoms with Gasteiger partial charge < -0.3 is 4.74 Å². The van der Waals surface area contributed by atoms with Gasteiger partial charge in [-0.25, -0.2) is 0 Å². The number of hydrogen-bond donors (Lipinski definition) is 0. The van der Waals surface area contributed by atoms with Crippen LogP contribution in [-0.4, -0.2) is 18.4 Å². The molecule has 2 rings (SSSR count). The summed E-state index contributed by atoms with van der Waals surface area (Å²) in [6.45, 7) is 5.31. The van der Waals surface area contributed by atoms with Crippen molar-refractivity contribution in [3.8, 4) is 0 Å². The highest BCUT2D eigenvalue weighted by atomic mass is 16.5. The zero-order valence-corrected chi connectivity index (χ0v) is 15.2. The van der Waals surface area contributed by atoms with Crippen LogP contribution in [0, 0.1) is 0 Å². The number of aliphatic imine (C=N–C) groups is 1. The lowest BCUT2D eigenvalue weighted by atomic mass is 9.88. The summed E-state index contributed by atoms with van der Waals surface area (Å²) in [5.74, 6) is 0. The van der Waals surface area contributed by atoms with Crippen LogP contribution in [0.5, 0.6) is 0 Å². The minimum absolute atomic E-state index is 0.115. The second-order valence-electron chi connectivity index (χ2n) is 6.56. The zero-order valence-electron chi connectivity index (χ0n) is 15.2. The molecule has 0 aromatic heterocycles. The summed E-state index contributed by atoms with van der Waals surface area (Å²) in [6.07, 6.45) is 16.6. The molecule has 0 bridgehead atoms. The van der Waals surface area contributed by atoms with Crippen molar-refractivity contribution in [3.05, 3.63) is 59.8 Å². The summed E-state index contributed by atoms with van der Waals surface area (Å²) in [5, 5.41) is 0. The van der Waals surface area contributed by atoms with Crippen LogP contribution in [0.2, 0.25) is 0 Å². The molecule has 1 aromatic rings. The van der Waals surface area contributed by atoms with Crippen LogP contribution in [0.4, 0.5) is 0 Å². The molecular formula is C22H31NO. The standard InChI is InChI=1S/C22H31NO/c1-3-5-10-15-22(24-18-6-4-2)16-13-21(14-17-22)23-19-20-11-8-7-9-12-20/h7-9,11-14,16,19H,3-6,10,15,17-18H2,1-2H3. The number of nitrogens with zero attached hydrogens (tertiary/aromatic N) is 1. The molecule has 0 saturated carbocycles. The first kappa shape index (κ1) is 18.7. The normalized spacial score (nSPS) is 20.5. The van der Waals surface area contributed by atoms with Crippen molar-refractivity contribution < 1.29 is 4.74 Å². The van der Waals surface area contributed by atoms with Gasteiger partial charge in [0.25, 0.3) is 0 Å². The van der Waals surface area contributed by atoms with Crippen LogP contribution in [0.3, 0.4) is 0 Å². The van der Waals surface area contributed by atoms with Gasteiger partial charge in [-0.15, -0.1) is 0 Å². The van der Waals surface area contributed by atoms with E-state index in [1.807, 2.05) is 24.4 Å². The van der Waals surface area contributed by atoms with E-state index in [2.05, 4.69) is 49.2 Å². The van der Waals surface area contributed by atoms with Crippen LogP contribution in [-0.2, 0) is 4.74 Å². The summed E-state index contributed by atoms with van der Waals surface area (Å²) < 4.78 is 6.29. The molecule has 0 spiro atoms. The minimum Gasteiger partial charge on any atom is -0.371 e. The maximum absolute atomic E-state index is 6.29. The number of rotatable bonds is 10. The second kappa shape index (κ2) is 10.2. The Balaban J connectivity index is 1.96. The molecule has 0 amide bonds. The van der Waals surface area contributed by atoms with Crippen molar-refractivity contribution in [1.82, 2.24) is 0 Å². The quantitative estimate of drug-likeness (QED) is 0.377. The van der Waals surface area contributed by atoms with Crippen LogP contribution < -0.4 is 0 Å². The largest absolute Gasteiger partial charge is 0.371 e. The predicted molar refractivity (Wildman–Crippen MR) is 104 cm³/mol. The van der Waals surface area contributed by atoms with E-state index in [1.165, 1.54) is 25.7 Å². The maximum atomic E-state index is 6.29. The molecule has 1 atom stereocenters. The van der Waals surface area contributed by atoms with Crippen molar-refractivity contribution in [2.45, 2.75) is 64.4 Å². The maximum Gasteiger partial charge on any atom is 0.0901 e. The molecule has 0 fully saturated rings. The van der Waals surface area contributed by atoms with Gasteiger partial charge in [0.05, 0.1) is 11.3 Å². The average molecular weight is 325 g/mol. The van der Waals surface area contributed by atoms with Gasteiger partial charge >= 0.3 is 0 Å². The van der Waals surface area contributed by atoms with E-state index < -0.39 is 0 Å². The second-order valence-corrected chi connectivity index (χ2v) is 6.56. The highest BCUT2D eigenvalue weighted by molar-refractivity contribution is 5.80. The summed E-state index contributed by atoms with van der Waals surface area (Å²) >= 11 is 0. The van der Waals surface area contributed by atoms with E-state index in [9.17, 15) is 0 Å². The Kier molecular flexibility index (Phi) is 7.97. The zero-order chi connectivity index (χ0) is 17.1. The first-order valence-corrected chi connectivity index (χ1v) is 9.40. The number of unbranched alkanes of at least 4 members (excludes halogenated alkanes) is 3. The van der Waals surface area contributed by atoms with Gasteiger partial charge in [-0.3, -0.25) is 4.99 Å². The monoisotopic (exact) mass is 325 g/mol. The van der Waals surface area contributed by atoms with Crippen molar-refractivity contribution in [3.63, 3.8) is 0 Å². The van der Waals surface area contributed by atoms with Crippen molar-refractivity contribution >= 4 is 6.21 Å². The molecule has 2 heteroatoms. The number of ether oxygens (including phenoxy) is 1. The lowest BCUT2D eigenvalue weighted by Crippen LogP contribution is -2.31. The van der Waals surface area contributed by atoms with Crippen LogP contribution in [0.1, 0.15) is 64.4 Å². The first-order valence-electron chi connectivity index (χ1n) is 9.40. The Morgan fingerprint density at radius 1 is 1.08 bits per heavy atom. The smallest absolute Gasteiger partial charge is 0.0901 e. The molecule has 0 saturated heterocycles. The topological polar surface area (TPSA) is 21.6 Å². The molecule has 1 aliphatic rings. The van der Waals surface area contributed by atoms with Crippen molar-refractivity contribution in [1.29, 1.82) is 0 Å². The molecule has 24 heavy (non-hydrogen) atoms. The third kappa shape index (κ3) is 6.09. The third-order valence-electron chi connectivity index (χ3n) is 4.47. The fourth-order valence-electron chi connectivity index (χ4n) is 2.89. The molecule has 1 aromatic carbocycles. The Labute approximate surface area is 147 Å². The van der Waals surface area contributed by atoms with E-state index in [0.717, 1.165) is 37.1 Å². The molecule has 0 N–H and O–H groups in total. The minimum atomic E-state index is -0.115. The summed E-state index contributed by atoms with van der Waals surface area (Å²) in [6, 6.07) is 10.2. The van der Waals surface area contributed by atoms with Gasteiger partial charge in [-0.1, -0.05) is 82.0 Å². The summed E-state index contributed by atoms with van der Waals surface area (Å²) in [5.41, 5.74) is 2.05. The molecule has 0 aliphatic heterocycles. The third-order valence-corrected chi connectivity index (χ3v) is 4.47. The Bertz CT molecular complexity index is 547. The van der Waals surface area contributed by atoms with E-state index in [1.54, 1.807) is 0 Å². The van der Waals surface area contributed by atoms with Crippen LogP contribution >= 0.6 is 0 Å². The molecule has 2 nitrogen and oxygen atoms in total. The number of allylic oxidation sites excluding steroid dienone is 1. The Hall–Kier alpha value is -1.67. The molecule has 1 unspecified atom stereocenters. The highest BCUT2D eigenvalue weighted by Gasteiger charge is 2.28. The molecule has 1 aliphatic carbocycles. The van der Waals surface area contributed by atoms with Crippen LogP contribution in [0.15, 0.2) is 59.2 Å². The van der Waals surface area contributed by atoms with E-state index >= 15 is 0 Å². The van der Waals surface area contributed by atoms with E-state index in [-0.39, 0.29) is 5.60 Å². The number of benzene rings is 1. The van der Waals surface area contributed by atoms with Gasteiger partial charge in [0.15, 0.2) is 0 Å². The first-order chi connectivity index (χ1) is 11.8. The van der Waals surface area contributed by atoms with E-state index in [4.69, 9.17) is 4.74 Å². The van der Waals surface area contributed by atoms with Gasteiger partial charge in [-0.2, -0.15) is 0 Å². The SMILES string of the molecule is CCCCCC1(OCCCC)C=CC(N=Cc2ccccc2)=CC1. The average Bonchev–Trinajstić information content (AvgIpc) is 2.63. The summed E-state index contributed by atoms with van der Waals surface area (Å²) in [7, 11) is 0. The lowest BCUT2D eigenvalue weighted by molar-refractivity contribution is -0.0164. The summed E-state index contributed by atoms with van der Waals surface area (Å²) in [4.78, 5) is 4.61. The molecule has 0 heterocycles. The Morgan fingerprint density at radius 2 is 1.88 bits per heavy atom. The fourth-order valence-corrected chi connectivity index (χ4v) is 2.89.